The van der Waals surface area contributed by atoms with E-state index in [0.29, 0.717) is 36.1 Å². The summed E-state index contributed by atoms with van der Waals surface area (Å²) >= 11 is 0. The van der Waals surface area contributed by atoms with Crippen LogP contribution < -0.4 is 10.6 Å². The van der Waals surface area contributed by atoms with Crippen LogP contribution in [0.5, 0.6) is 0 Å². The van der Waals surface area contributed by atoms with Crippen molar-refractivity contribution >= 4 is 23.4 Å². The smallest absolute Gasteiger partial charge is 0.324 e. The molecule has 3 aromatic carbocycles. The zero-order valence-electron chi connectivity index (χ0n) is 25.4. The summed E-state index contributed by atoms with van der Waals surface area (Å²) < 4.78 is 15.7. The van der Waals surface area contributed by atoms with E-state index >= 15 is 0 Å². The molecule has 3 amide bonds. The Morgan fingerprint density at radius 1 is 0.930 bits per heavy atom. The molecule has 8 heteroatoms. The van der Waals surface area contributed by atoms with Gasteiger partial charge in [0.15, 0.2) is 0 Å². The number of halogens is 1. The number of carbonyl (C=O) groups is 2. The first-order chi connectivity index (χ1) is 20.5. The van der Waals surface area contributed by atoms with Crippen molar-refractivity contribution in [2.45, 2.75) is 58.8 Å². The SMILES string of the molecule is Cc1ccc(-n2nc(C(C)(C)C)cc2NC(=O)Nc2cccc(CC3CCN(C(=O)Cc4ccccc4F)CC3)c2)cc1. The quantitative estimate of drug-likeness (QED) is 0.241. The molecule has 1 fully saturated rings. The molecule has 7 nitrogen and oxygen atoms in total. The van der Waals surface area contributed by atoms with Gasteiger partial charge in [0.1, 0.15) is 11.6 Å². The van der Waals surface area contributed by atoms with E-state index in [1.165, 1.54) is 6.07 Å². The van der Waals surface area contributed by atoms with Gasteiger partial charge in [-0.3, -0.25) is 10.1 Å². The van der Waals surface area contributed by atoms with Crippen LogP contribution in [-0.2, 0) is 23.1 Å². The third kappa shape index (κ3) is 7.69. The van der Waals surface area contributed by atoms with Gasteiger partial charge >= 0.3 is 6.03 Å². The van der Waals surface area contributed by atoms with Gasteiger partial charge in [-0.1, -0.05) is 68.8 Å². The van der Waals surface area contributed by atoms with Gasteiger partial charge in [-0.2, -0.15) is 5.10 Å². The Kier molecular flexibility index (Phi) is 8.94. The first-order valence-corrected chi connectivity index (χ1v) is 14.9. The predicted molar refractivity (Wildman–Crippen MR) is 169 cm³/mol. The summed E-state index contributed by atoms with van der Waals surface area (Å²) in [5.74, 6) is 0.665. The maximum Gasteiger partial charge on any atom is 0.324 e. The third-order valence-electron chi connectivity index (χ3n) is 7.97. The van der Waals surface area contributed by atoms with Crippen molar-refractivity contribution in [1.29, 1.82) is 0 Å². The predicted octanol–water partition coefficient (Wildman–Crippen LogP) is 7.29. The second kappa shape index (κ2) is 12.8. The highest BCUT2D eigenvalue weighted by atomic mass is 19.1. The van der Waals surface area contributed by atoms with Crippen LogP contribution in [0.25, 0.3) is 5.69 Å². The Morgan fingerprint density at radius 2 is 1.65 bits per heavy atom. The molecule has 0 bridgehead atoms. The van der Waals surface area contributed by atoms with E-state index in [1.807, 2.05) is 60.4 Å². The van der Waals surface area contributed by atoms with E-state index in [-0.39, 0.29) is 29.6 Å². The van der Waals surface area contributed by atoms with Crippen molar-refractivity contribution < 1.29 is 14.0 Å². The number of rotatable bonds is 7. The van der Waals surface area contributed by atoms with Gasteiger partial charge in [0.05, 0.1) is 17.8 Å². The highest BCUT2D eigenvalue weighted by Crippen LogP contribution is 2.27. The molecule has 2 N–H and O–H groups in total. The molecule has 0 unspecified atom stereocenters. The Bertz CT molecular complexity index is 1580. The second-order valence-corrected chi connectivity index (χ2v) is 12.5. The molecule has 0 spiro atoms. The van der Waals surface area contributed by atoms with Crippen molar-refractivity contribution in [2.24, 2.45) is 5.92 Å². The number of amides is 3. The summed E-state index contributed by atoms with van der Waals surface area (Å²) in [5, 5.41) is 10.8. The molecule has 0 atom stereocenters. The lowest BCUT2D eigenvalue weighted by Gasteiger charge is -2.32. The molecule has 1 aromatic heterocycles. The van der Waals surface area contributed by atoms with Gasteiger partial charge in [0.25, 0.3) is 0 Å². The average Bonchev–Trinajstić information content (AvgIpc) is 3.39. The number of anilines is 2. The molecule has 2 heterocycles. The Balaban J connectivity index is 1.18. The van der Waals surface area contributed by atoms with E-state index in [9.17, 15) is 14.0 Å². The van der Waals surface area contributed by atoms with Crippen LogP contribution in [0.3, 0.4) is 0 Å². The van der Waals surface area contributed by atoms with Crippen LogP contribution in [0.2, 0.25) is 0 Å². The fraction of sp³-hybridized carbons (Fsp3) is 0.343. The Labute approximate surface area is 253 Å². The first kappa shape index (κ1) is 30.0. The summed E-state index contributed by atoms with van der Waals surface area (Å²) in [7, 11) is 0. The minimum atomic E-state index is -0.340. The van der Waals surface area contributed by atoms with Crippen LogP contribution in [0.4, 0.5) is 20.7 Å². The van der Waals surface area contributed by atoms with E-state index in [2.05, 4.69) is 37.5 Å². The van der Waals surface area contributed by atoms with Gasteiger partial charge < -0.3 is 10.2 Å². The molecule has 1 saturated heterocycles. The Morgan fingerprint density at radius 3 is 2.35 bits per heavy atom. The van der Waals surface area contributed by atoms with E-state index < -0.39 is 0 Å². The molecular weight excluding hydrogens is 541 g/mol. The highest BCUT2D eigenvalue weighted by Gasteiger charge is 2.24. The maximum atomic E-state index is 14.0. The molecule has 0 radical (unpaired) electrons. The molecule has 1 aliphatic heterocycles. The lowest BCUT2D eigenvalue weighted by Crippen LogP contribution is -2.39. The van der Waals surface area contributed by atoms with Gasteiger partial charge in [-0.15, -0.1) is 0 Å². The summed E-state index contributed by atoms with van der Waals surface area (Å²) in [6.45, 7) is 9.66. The van der Waals surface area contributed by atoms with Gasteiger partial charge in [-0.25, -0.2) is 13.9 Å². The number of nitrogens with zero attached hydrogens (tertiary/aromatic N) is 3. The maximum absolute atomic E-state index is 14.0. The monoisotopic (exact) mass is 581 g/mol. The van der Waals surface area contributed by atoms with Crippen LogP contribution >= 0.6 is 0 Å². The van der Waals surface area contributed by atoms with E-state index in [4.69, 9.17) is 5.10 Å². The van der Waals surface area contributed by atoms with Crippen molar-refractivity contribution in [2.75, 3.05) is 23.7 Å². The zero-order chi connectivity index (χ0) is 30.6. The third-order valence-corrected chi connectivity index (χ3v) is 7.97. The minimum absolute atomic E-state index is 0.0286. The van der Waals surface area contributed by atoms with Crippen LogP contribution in [0.15, 0.2) is 78.9 Å². The van der Waals surface area contributed by atoms with Crippen LogP contribution in [0.1, 0.15) is 56.0 Å². The zero-order valence-corrected chi connectivity index (χ0v) is 25.4. The average molecular weight is 582 g/mol. The number of hydrogen-bond donors (Lipinski definition) is 2. The molecule has 4 aromatic rings. The van der Waals surface area contributed by atoms with Crippen molar-refractivity contribution in [1.82, 2.24) is 14.7 Å². The topological polar surface area (TPSA) is 79.3 Å². The molecule has 0 aliphatic carbocycles. The number of aryl methyl sites for hydroxylation is 1. The van der Waals surface area contributed by atoms with Gasteiger partial charge in [0.2, 0.25) is 5.91 Å². The number of benzene rings is 3. The summed E-state index contributed by atoms with van der Waals surface area (Å²) in [5.41, 5.74) is 5.01. The lowest BCUT2D eigenvalue weighted by molar-refractivity contribution is -0.131. The summed E-state index contributed by atoms with van der Waals surface area (Å²) in [6.07, 6.45) is 2.73. The lowest BCUT2D eigenvalue weighted by atomic mass is 9.90. The number of nitrogens with one attached hydrogen (secondary N) is 2. The Hall–Kier alpha value is -4.46. The summed E-state index contributed by atoms with van der Waals surface area (Å²) in [4.78, 5) is 27.7. The van der Waals surface area contributed by atoms with Crippen LogP contribution in [-0.4, -0.2) is 39.7 Å². The number of urea groups is 1. The number of carbonyl (C=O) groups excluding carboxylic acids is 2. The van der Waals surface area contributed by atoms with Crippen molar-refractivity contribution in [3.63, 3.8) is 0 Å². The summed E-state index contributed by atoms with van der Waals surface area (Å²) in [6, 6.07) is 24.0. The molecular formula is C35H40FN5O2. The molecule has 43 heavy (non-hydrogen) atoms. The number of hydrogen-bond acceptors (Lipinski definition) is 3. The van der Waals surface area contributed by atoms with E-state index in [1.54, 1.807) is 22.9 Å². The highest BCUT2D eigenvalue weighted by molar-refractivity contribution is 5.99. The standard InChI is InChI=1S/C35H40FN5O2/c1-24-12-14-29(15-13-24)41-32(23-31(39-41)35(2,3)4)38-34(43)37-28-10-7-8-26(21-28)20-25-16-18-40(19-17-25)33(42)22-27-9-5-6-11-30(27)36/h5-15,21,23,25H,16-20,22H2,1-4H3,(H2,37,38,43). The molecule has 224 valence electrons. The molecule has 0 saturated carbocycles. The fourth-order valence-electron chi connectivity index (χ4n) is 5.41. The normalized spacial score (nSPS) is 14.0. The number of likely N-dealkylation sites (tertiary alicyclic amines) is 1. The molecule has 5 rings (SSSR count). The van der Waals surface area contributed by atoms with Gasteiger partial charge in [-0.05, 0) is 73.6 Å². The van der Waals surface area contributed by atoms with Gasteiger partial charge in [0, 0.05) is 30.3 Å². The number of aromatic nitrogens is 2. The fourth-order valence-corrected chi connectivity index (χ4v) is 5.41. The largest absolute Gasteiger partial charge is 0.342 e. The van der Waals surface area contributed by atoms with E-state index in [0.717, 1.165) is 41.8 Å². The van der Waals surface area contributed by atoms with Crippen LogP contribution in [0, 0.1) is 18.7 Å². The van der Waals surface area contributed by atoms with Crippen molar-refractivity contribution in [3.05, 3.63) is 107 Å². The van der Waals surface area contributed by atoms with Crippen molar-refractivity contribution in [3.8, 4) is 5.69 Å². The number of piperidine rings is 1. The molecule has 1 aliphatic rings. The first-order valence-electron chi connectivity index (χ1n) is 14.9. The minimum Gasteiger partial charge on any atom is -0.342 e. The second-order valence-electron chi connectivity index (χ2n) is 12.5.